The lowest BCUT2D eigenvalue weighted by Crippen LogP contribution is -2.46. The standard InChI is InChI=1S/C27H23F3N6O2/c1-33-23-15-31-13-19(20(23)14-32-33)17-8-10-18(11-9-17)36-22-6-3-2-5-21(22)35(26(36)38)16-25(37)34-12-4-7-24(34)27(28,29)30/h2-3,5-6,8-11,13-15,24H,4,7,12,16H2,1H3. The average Bonchev–Trinajstić information content (AvgIpc) is 3.61. The molecule has 1 fully saturated rings. The molecule has 1 saturated heterocycles. The first-order chi connectivity index (χ1) is 18.2. The van der Waals surface area contributed by atoms with Crippen LogP contribution < -0.4 is 5.69 Å². The fourth-order valence-electron chi connectivity index (χ4n) is 5.32. The number of imidazole rings is 1. The van der Waals surface area contributed by atoms with E-state index in [0.717, 1.165) is 26.9 Å². The number of hydrogen-bond donors (Lipinski definition) is 0. The minimum atomic E-state index is -4.50. The van der Waals surface area contributed by atoms with Crippen LogP contribution >= 0.6 is 0 Å². The van der Waals surface area contributed by atoms with Crippen LogP contribution in [-0.4, -0.2) is 53.5 Å². The summed E-state index contributed by atoms with van der Waals surface area (Å²) in [4.78, 5) is 31.7. The summed E-state index contributed by atoms with van der Waals surface area (Å²) in [5.74, 6) is -0.720. The third-order valence-electron chi connectivity index (χ3n) is 7.19. The van der Waals surface area contributed by atoms with E-state index in [1.54, 1.807) is 59.7 Å². The van der Waals surface area contributed by atoms with Gasteiger partial charge < -0.3 is 4.90 Å². The number of nitrogens with zero attached hydrogens (tertiary/aromatic N) is 6. The quantitative estimate of drug-likeness (QED) is 0.354. The number of halogens is 3. The Balaban J connectivity index is 1.37. The summed E-state index contributed by atoms with van der Waals surface area (Å²) in [7, 11) is 1.84. The van der Waals surface area contributed by atoms with Crippen molar-refractivity contribution < 1.29 is 18.0 Å². The largest absolute Gasteiger partial charge is 0.408 e. The van der Waals surface area contributed by atoms with E-state index in [9.17, 15) is 22.8 Å². The van der Waals surface area contributed by atoms with Gasteiger partial charge in [-0.2, -0.15) is 18.3 Å². The Morgan fingerprint density at radius 3 is 2.47 bits per heavy atom. The number of carbonyl (C=O) groups is 1. The summed E-state index contributed by atoms with van der Waals surface area (Å²) >= 11 is 0. The molecule has 1 aliphatic rings. The number of amides is 1. The number of aromatic nitrogens is 5. The van der Waals surface area contributed by atoms with Crippen molar-refractivity contribution in [2.45, 2.75) is 31.6 Å². The molecule has 0 spiro atoms. The van der Waals surface area contributed by atoms with Gasteiger partial charge in [-0.1, -0.05) is 24.3 Å². The van der Waals surface area contributed by atoms with Gasteiger partial charge in [-0.15, -0.1) is 0 Å². The summed E-state index contributed by atoms with van der Waals surface area (Å²) in [6, 6.07) is 12.5. The number of para-hydroxylation sites is 2. The second-order valence-electron chi connectivity index (χ2n) is 9.41. The number of likely N-dealkylation sites (tertiary alicyclic amines) is 1. The molecule has 8 nitrogen and oxygen atoms in total. The van der Waals surface area contributed by atoms with Gasteiger partial charge in [0.05, 0.1) is 34.6 Å². The predicted molar refractivity (Wildman–Crippen MR) is 136 cm³/mol. The Hall–Kier alpha value is -4.41. The Bertz CT molecular complexity index is 1730. The molecule has 5 aromatic rings. The van der Waals surface area contributed by atoms with Gasteiger partial charge in [0.1, 0.15) is 12.6 Å². The first-order valence-corrected chi connectivity index (χ1v) is 12.2. The molecule has 6 rings (SSSR count). The maximum Gasteiger partial charge on any atom is 0.408 e. The topological polar surface area (TPSA) is 78.0 Å². The van der Waals surface area contributed by atoms with Gasteiger partial charge in [-0.3, -0.25) is 23.6 Å². The first kappa shape index (κ1) is 24.0. The summed E-state index contributed by atoms with van der Waals surface area (Å²) < 4.78 is 44.8. The van der Waals surface area contributed by atoms with E-state index in [4.69, 9.17) is 0 Å². The van der Waals surface area contributed by atoms with Crippen molar-refractivity contribution in [3.8, 4) is 16.8 Å². The second kappa shape index (κ2) is 8.86. The van der Waals surface area contributed by atoms with Crippen LogP contribution in [0.1, 0.15) is 12.8 Å². The number of hydrogen-bond acceptors (Lipinski definition) is 4. The average molecular weight is 521 g/mol. The first-order valence-electron chi connectivity index (χ1n) is 12.2. The van der Waals surface area contributed by atoms with Crippen molar-refractivity contribution in [3.05, 3.63) is 77.6 Å². The molecular weight excluding hydrogens is 497 g/mol. The maximum absolute atomic E-state index is 13.6. The number of rotatable bonds is 4. The molecule has 194 valence electrons. The molecule has 0 bridgehead atoms. The van der Waals surface area contributed by atoms with Crippen LogP contribution in [0.25, 0.3) is 38.8 Å². The monoisotopic (exact) mass is 520 g/mol. The normalized spacial score (nSPS) is 16.1. The third kappa shape index (κ3) is 3.85. The lowest BCUT2D eigenvalue weighted by molar-refractivity contribution is -0.182. The van der Waals surface area contributed by atoms with E-state index in [2.05, 4.69) is 10.1 Å². The summed E-state index contributed by atoms with van der Waals surface area (Å²) in [5, 5.41) is 5.25. The molecule has 1 amide bonds. The molecule has 38 heavy (non-hydrogen) atoms. The van der Waals surface area contributed by atoms with Gasteiger partial charge in [0.2, 0.25) is 5.91 Å². The molecule has 1 unspecified atom stereocenters. The molecule has 1 aliphatic heterocycles. The molecule has 0 aliphatic carbocycles. The van der Waals surface area contributed by atoms with E-state index in [1.165, 1.54) is 9.13 Å². The highest BCUT2D eigenvalue weighted by molar-refractivity contribution is 5.93. The molecule has 3 aromatic heterocycles. The summed E-state index contributed by atoms with van der Waals surface area (Å²) in [6.07, 6.45) is 0.938. The molecule has 2 aromatic carbocycles. The van der Waals surface area contributed by atoms with Crippen LogP contribution in [-0.2, 0) is 18.4 Å². The Morgan fingerprint density at radius 1 is 1.00 bits per heavy atom. The number of fused-ring (bicyclic) bond motifs is 2. The Kier molecular flexibility index (Phi) is 5.59. The molecule has 0 radical (unpaired) electrons. The van der Waals surface area contributed by atoms with E-state index >= 15 is 0 Å². The SMILES string of the molecule is Cn1ncc2c(-c3ccc(-n4c(=O)n(CC(=O)N5CCCC5C(F)(F)F)c5ccccc54)cc3)cncc21. The van der Waals surface area contributed by atoms with Crippen LogP contribution in [0.3, 0.4) is 0 Å². The fraction of sp³-hybridized carbons (Fsp3) is 0.259. The molecule has 0 saturated carbocycles. The molecule has 1 atom stereocenters. The van der Waals surface area contributed by atoms with Crippen molar-refractivity contribution in [2.75, 3.05) is 6.54 Å². The number of aryl methyl sites for hydroxylation is 1. The van der Waals surface area contributed by atoms with Gasteiger partial charge in [0.25, 0.3) is 0 Å². The van der Waals surface area contributed by atoms with Crippen LogP contribution in [0.15, 0.2) is 71.9 Å². The van der Waals surface area contributed by atoms with E-state index in [-0.39, 0.29) is 19.4 Å². The van der Waals surface area contributed by atoms with Crippen molar-refractivity contribution in [2.24, 2.45) is 7.05 Å². The highest BCUT2D eigenvalue weighted by atomic mass is 19.4. The lowest BCUT2D eigenvalue weighted by Gasteiger charge is -2.26. The van der Waals surface area contributed by atoms with Gasteiger partial charge in [0.15, 0.2) is 0 Å². The number of alkyl halides is 3. The van der Waals surface area contributed by atoms with Crippen LogP contribution in [0.5, 0.6) is 0 Å². The van der Waals surface area contributed by atoms with Crippen LogP contribution in [0, 0.1) is 0 Å². The van der Waals surface area contributed by atoms with Gasteiger partial charge in [0, 0.05) is 30.7 Å². The van der Waals surface area contributed by atoms with Crippen molar-refractivity contribution in [1.82, 2.24) is 28.8 Å². The number of pyridine rings is 1. The smallest absolute Gasteiger partial charge is 0.329 e. The number of benzene rings is 2. The summed E-state index contributed by atoms with van der Waals surface area (Å²) in [5.41, 5.74) is 3.78. The molecule has 4 heterocycles. The zero-order valence-corrected chi connectivity index (χ0v) is 20.4. The summed E-state index contributed by atoms with van der Waals surface area (Å²) in [6.45, 7) is -0.442. The minimum Gasteiger partial charge on any atom is -0.329 e. The highest BCUT2D eigenvalue weighted by Crippen LogP contribution is 2.33. The molecule has 11 heteroatoms. The maximum atomic E-state index is 13.6. The Labute approximate surface area is 214 Å². The Morgan fingerprint density at radius 2 is 1.74 bits per heavy atom. The van der Waals surface area contributed by atoms with Gasteiger partial charge in [-0.25, -0.2) is 4.79 Å². The van der Waals surface area contributed by atoms with Crippen LogP contribution in [0.2, 0.25) is 0 Å². The van der Waals surface area contributed by atoms with Crippen molar-refractivity contribution in [1.29, 1.82) is 0 Å². The fourth-order valence-corrected chi connectivity index (χ4v) is 5.32. The lowest BCUT2D eigenvalue weighted by atomic mass is 10.0. The van der Waals surface area contributed by atoms with E-state index in [0.29, 0.717) is 16.7 Å². The van der Waals surface area contributed by atoms with E-state index < -0.39 is 30.4 Å². The van der Waals surface area contributed by atoms with Crippen molar-refractivity contribution >= 4 is 27.8 Å². The molecular formula is C27H23F3N6O2. The van der Waals surface area contributed by atoms with Crippen molar-refractivity contribution in [3.63, 3.8) is 0 Å². The second-order valence-corrected chi connectivity index (χ2v) is 9.41. The zero-order valence-electron chi connectivity index (χ0n) is 20.4. The highest BCUT2D eigenvalue weighted by Gasteiger charge is 2.47. The van der Waals surface area contributed by atoms with Gasteiger partial charge in [-0.05, 0) is 42.7 Å². The minimum absolute atomic E-state index is 0.0242. The van der Waals surface area contributed by atoms with Crippen LogP contribution in [0.4, 0.5) is 13.2 Å². The zero-order chi connectivity index (χ0) is 26.6. The number of carbonyl (C=O) groups excluding carboxylic acids is 1. The van der Waals surface area contributed by atoms with E-state index in [1.807, 2.05) is 19.2 Å². The molecule has 0 N–H and O–H groups in total. The predicted octanol–water partition coefficient (Wildman–Crippen LogP) is 4.29. The van der Waals surface area contributed by atoms with Gasteiger partial charge >= 0.3 is 11.9 Å². The third-order valence-corrected chi connectivity index (χ3v) is 7.19.